The van der Waals surface area contributed by atoms with E-state index in [1.807, 2.05) is 146 Å². The van der Waals surface area contributed by atoms with Crippen molar-refractivity contribution in [3.05, 3.63) is 91.0 Å². The van der Waals surface area contributed by atoms with Gasteiger partial charge in [0, 0.05) is 7.05 Å². The summed E-state index contributed by atoms with van der Waals surface area (Å²) in [6, 6.07) is 29.0. The van der Waals surface area contributed by atoms with Gasteiger partial charge in [-0.3, -0.25) is 0 Å². The van der Waals surface area contributed by atoms with Crippen LogP contribution in [0.5, 0.6) is 0 Å². The van der Waals surface area contributed by atoms with Crippen molar-refractivity contribution in [2.24, 2.45) is 20.5 Å². The van der Waals surface area contributed by atoms with Crippen molar-refractivity contribution in [2.75, 3.05) is 7.05 Å². The molecule has 3 aromatic carbocycles. The van der Waals surface area contributed by atoms with Crippen LogP contribution in [-0.4, -0.2) is 7.05 Å². The van der Waals surface area contributed by atoms with Crippen LogP contribution >= 0.6 is 0 Å². The summed E-state index contributed by atoms with van der Waals surface area (Å²) in [4.78, 5) is 0. The Labute approximate surface area is 191 Å². The molecule has 0 atom stereocenters. The maximum atomic E-state index is 4.10. The summed E-state index contributed by atoms with van der Waals surface area (Å²) in [5.41, 5.74) is 2.65. The average molecular weight is 423 g/mol. The molecule has 0 amide bonds. The van der Waals surface area contributed by atoms with Crippen LogP contribution in [0.1, 0.15) is 55.4 Å². The third-order valence-electron chi connectivity index (χ3n) is 2.76. The molecule has 0 aliphatic carbocycles. The molecule has 0 aromatic heterocycles. The molecule has 0 saturated carbocycles. The number of rotatable bonds is 3. The van der Waals surface area contributed by atoms with Crippen molar-refractivity contribution in [1.82, 2.24) is 0 Å². The Hall–Kier alpha value is -3.14. The zero-order valence-electron chi connectivity index (χ0n) is 20.9. The summed E-state index contributed by atoms with van der Waals surface area (Å²) in [6.45, 7) is 16.0. The van der Waals surface area contributed by atoms with E-state index in [0.29, 0.717) is 0 Å². The minimum atomic E-state index is 0.872. The van der Waals surface area contributed by atoms with Crippen LogP contribution in [0.15, 0.2) is 111 Å². The fourth-order valence-corrected chi connectivity index (χ4v) is 1.71. The van der Waals surface area contributed by atoms with Crippen LogP contribution in [0.4, 0.5) is 17.1 Å². The second kappa shape index (κ2) is 29.1. The lowest BCUT2D eigenvalue weighted by Crippen LogP contribution is -1.62. The molecule has 0 heterocycles. The largest absolute Gasteiger partial charge is 0.192 e. The van der Waals surface area contributed by atoms with Crippen LogP contribution in [0.3, 0.4) is 0 Å². The molecule has 0 saturated heterocycles. The highest BCUT2D eigenvalue weighted by molar-refractivity contribution is 5.39. The lowest BCUT2D eigenvalue weighted by molar-refractivity contribution is 1.17. The van der Waals surface area contributed by atoms with Crippen molar-refractivity contribution >= 4 is 17.1 Å². The standard InChI is InChI=1S/C12H10N2.C7H8N2.4C2H6/c1-3-7-11(8-4-1)13-14-12-9-5-2-6-10-12;1-8-9-7-5-3-2-4-6-7;4*1-2/h1-10H;2-6H,1H3;4*1-2H3. The first kappa shape index (κ1) is 32.5. The fourth-order valence-electron chi connectivity index (χ4n) is 1.71. The van der Waals surface area contributed by atoms with E-state index in [2.05, 4.69) is 20.5 Å². The van der Waals surface area contributed by atoms with Crippen LogP contribution in [0, 0.1) is 0 Å². The highest BCUT2D eigenvalue weighted by atomic mass is 15.1. The Morgan fingerprint density at radius 2 is 0.581 bits per heavy atom. The van der Waals surface area contributed by atoms with Gasteiger partial charge < -0.3 is 0 Å². The maximum absolute atomic E-state index is 4.10. The Bertz CT molecular complexity index is 683. The van der Waals surface area contributed by atoms with E-state index >= 15 is 0 Å². The van der Waals surface area contributed by atoms with E-state index in [-0.39, 0.29) is 0 Å². The van der Waals surface area contributed by atoms with Gasteiger partial charge in [0.2, 0.25) is 0 Å². The molecule has 0 spiro atoms. The zero-order chi connectivity index (χ0) is 24.2. The van der Waals surface area contributed by atoms with Crippen molar-refractivity contribution in [2.45, 2.75) is 55.4 Å². The number of hydrogen-bond donors (Lipinski definition) is 0. The average Bonchev–Trinajstić information content (AvgIpc) is 2.90. The van der Waals surface area contributed by atoms with Crippen LogP contribution in [0.25, 0.3) is 0 Å². The smallest absolute Gasteiger partial charge is 0.0857 e. The van der Waals surface area contributed by atoms with E-state index in [9.17, 15) is 0 Å². The molecule has 0 bridgehead atoms. The van der Waals surface area contributed by atoms with E-state index in [4.69, 9.17) is 0 Å². The van der Waals surface area contributed by atoms with Crippen LogP contribution < -0.4 is 0 Å². The van der Waals surface area contributed by atoms with Gasteiger partial charge in [-0.05, 0) is 36.4 Å². The molecular weight excluding hydrogens is 380 g/mol. The lowest BCUT2D eigenvalue weighted by Gasteiger charge is -1.91. The quantitative estimate of drug-likeness (QED) is 0.377. The molecule has 170 valence electrons. The SMILES string of the molecule is CC.CC.CC.CC.CN=Nc1ccccc1.c1ccc(N=Nc2ccccc2)cc1. The summed E-state index contributed by atoms with van der Waals surface area (Å²) in [5, 5.41) is 15.7. The van der Waals surface area contributed by atoms with Crippen molar-refractivity contribution < 1.29 is 0 Å². The fraction of sp³-hybridized carbons (Fsp3) is 0.333. The van der Waals surface area contributed by atoms with E-state index in [1.54, 1.807) is 7.05 Å². The van der Waals surface area contributed by atoms with E-state index < -0.39 is 0 Å². The Balaban J connectivity index is -0.000000400. The molecule has 0 unspecified atom stereocenters. The molecule has 31 heavy (non-hydrogen) atoms. The van der Waals surface area contributed by atoms with Crippen molar-refractivity contribution in [3.8, 4) is 0 Å². The summed E-state index contributed by atoms with van der Waals surface area (Å²) < 4.78 is 0. The third kappa shape index (κ3) is 19.9. The van der Waals surface area contributed by atoms with Crippen LogP contribution in [-0.2, 0) is 0 Å². The molecule has 0 radical (unpaired) electrons. The second-order valence-electron chi connectivity index (χ2n) is 4.51. The van der Waals surface area contributed by atoms with Gasteiger partial charge in [-0.1, -0.05) is 110 Å². The summed E-state index contributed by atoms with van der Waals surface area (Å²) in [5.74, 6) is 0. The predicted octanol–water partition coefficient (Wildman–Crippen LogP) is 10.6. The number of azo groups is 2. The highest BCUT2D eigenvalue weighted by Gasteiger charge is 1.86. The van der Waals surface area contributed by atoms with Gasteiger partial charge in [-0.25, -0.2) is 0 Å². The topological polar surface area (TPSA) is 49.4 Å². The summed E-state index contributed by atoms with van der Waals surface area (Å²) >= 11 is 0. The van der Waals surface area contributed by atoms with Crippen LogP contribution in [0.2, 0.25) is 0 Å². The van der Waals surface area contributed by atoms with Gasteiger partial charge in [0.05, 0.1) is 17.1 Å². The van der Waals surface area contributed by atoms with E-state index in [0.717, 1.165) is 17.1 Å². The first-order chi connectivity index (χ1) is 15.4. The van der Waals surface area contributed by atoms with Crippen molar-refractivity contribution in [3.63, 3.8) is 0 Å². The maximum Gasteiger partial charge on any atom is 0.0857 e. The molecule has 0 aliphatic heterocycles. The van der Waals surface area contributed by atoms with Gasteiger partial charge >= 0.3 is 0 Å². The molecule has 3 rings (SSSR count). The Morgan fingerprint density at radius 3 is 0.806 bits per heavy atom. The molecule has 0 fully saturated rings. The molecule has 4 nitrogen and oxygen atoms in total. The van der Waals surface area contributed by atoms with Gasteiger partial charge in [0.1, 0.15) is 0 Å². The molecule has 0 aliphatic rings. The monoisotopic (exact) mass is 422 g/mol. The number of benzene rings is 3. The summed E-state index contributed by atoms with van der Waals surface area (Å²) in [6.07, 6.45) is 0. The summed E-state index contributed by atoms with van der Waals surface area (Å²) in [7, 11) is 1.66. The first-order valence-electron chi connectivity index (χ1n) is 11.3. The predicted molar refractivity (Wildman–Crippen MR) is 139 cm³/mol. The normalized spacial score (nSPS) is 8.55. The Morgan fingerprint density at radius 1 is 0.355 bits per heavy atom. The van der Waals surface area contributed by atoms with Gasteiger partial charge in [-0.15, -0.1) is 0 Å². The van der Waals surface area contributed by atoms with Gasteiger partial charge in [0.15, 0.2) is 0 Å². The Kier molecular flexibility index (Phi) is 30.5. The van der Waals surface area contributed by atoms with Gasteiger partial charge in [0.25, 0.3) is 0 Å². The highest BCUT2D eigenvalue weighted by Crippen LogP contribution is 2.16. The molecule has 0 N–H and O–H groups in total. The molecular formula is C27H42N4. The minimum Gasteiger partial charge on any atom is -0.192 e. The van der Waals surface area contributed by atoms with E-state index in [1.165, 1.54) is 0 Å². The second-order valence-corrected chi connectivity index (χ2v) is 4.51. The molecule has 4 heteroatoms. The third-order valence-corrected chi connectivity index (χ3v) is 2.76. The molecule has 3 aromatic rings. The number of hydrogen-bond acceptors (Lipinski definition) is 4. The zero-order valence-corrected chi connectivity index (χ0v) is 20.9. The number of nitrogens with zero attached hydrogens (tertiary/aromatic N) is 4. The van der Waals surface area contributed by atoms with Gasteiger partial charge in [-0.2, -0.15) is 20.5 Å². The first-order valence-corrected chi connectivity index (χ1v) is 11.3. The lowest BCUT2D eigenvalue weighted by atomic mass is 10.3. The van der Waals surface area contributed by atoms with Crippen molar-refractivity contribution in [1.29, 1.82) is 0 Å². The minimum absolute atomic E-state index is 0.872.